The molecule has 0 spiro atoms. The molecule has 0 unspecified atom stereocenters. The molecule has 2 amide bonds. The number of aryl methyl sites for hydroxylation is 1. The van der Waals surface area contributed by atoms with Gasteiger partial charge in [-0.1, -0.05) is 0 Å². The highest BCUT2D eigenvalue weighted by Gasteiger charge is 2.31. The number of carbonyl (C=O) groups excluding carboxylic acids is 3. The predicted octanol–water partition coefficient (Wildman–Crippen LogP) is 2.22. The van der Waals surface area contributed by atoms with Gasteiger partial charge in [-0.05, 0) is 56.9 Å². The molecular weight excluding hydrogens is 394 g/mol. The molecule has 8 heteroatoms. The van der Waals surface area contributed by atoms with Crippen molar-refractivity contribution in [3.8, 4) is 11.3 Å². The van der Waals surface area contributed by atoms with Crippen molar-refractivity contribution in [2.75, 3.05) is 18.4 Å². The van der Waals surface area contributed by atoms with Crippen LogP contribution in [0.1, 0.15) is 31.4 Å². The maximum atomic E-state index is 12.7. The Balaban J connectivity index is 1.43. The summed E-state index contributed by atoms with van der Waals surface area (Å²) < 4.78 is 0. The number of aldehydes is 1. The fourth-order valence-corrected chi connectivity index (χ4v) is 3.69. The Labute approximate surface area is 180 Å². The minimum absolute atomic E-state index is 0.00573. The molecule has 1 fully saturated rings. The monoisotopic (exact) mass is 419 g/mol. The van der Waals surface area contributed by atoms with Crippen molar-refractivity contribution in [1.82, 2.24) is 20.2 Å². The van der Waals surface area contributed by atoms with Crippen LogP contribution >= 0.6 is 0 Å². The molecule has 0 bridgehead atoms. The van der Waals surface area contributed by atoms with Gasteiger partial charge in [-0.2, -0.15) is 0 Å². The summed E-state index contributed by atoms with van der Waals surface area (Å²) in [6, 6.07) is 7.61. The van der Waals surface area contributed by atoms with Crippen LogP contribution in [0.5, 0.6) is 0 Å². The van der Waals surface area contributed by atoms with Gasteiger partial charge in [-0.15, -0.1) is 0 Å². The number of aromatic nitrogens is 2. The van der Waals surface area contributed by atoms with E-state index in [-0.39, 0.29) is 24.4 Å². The second kappa shape index (κ2) is 9.07. The average Bonchev–Trinajstić information content (AvgIpc) is 3.58. The molecule has 31 heavy (non-hydrogen) atoms. The molecule has 8 nitrogen and oxygen atoms in total. The SMILES string of the molecule is Cc1ncccc1-c1ccc(NC(=O)CN2CCCC(C=O)=C2C(=O)NC2CC2)cn1. The van der Waals surface area contributed by atoms with Crippen molar-refractivity contribution in [1.29, 1.82) is 0 Å². The maximum absolute atomic E-state index is 12.7. The summed E-state index contributed by atoms with van der Waals surface area (Å²) in [5, 5.41) is 5.75. The number of rotatable bonds is 7. The number of anilines is 1. The van der Waals surface area contributed by atoms with Crippen LogP contribution < -0.4 is 10.6 Å². The van der Waals surface area contributed by atoms with Crippen LogP contribution in [0.3, 0.4) is 0 Å². The van der Waals surface area contributed by atoms with Crippen molar-refractivity contribution < 1.29 is 14.4 Å². The molecule has 1 aliphatic heterocycles. The first kappa shape index (κ1) is 20.7. The number of nitrogens with zero attached hydrogens (tertiary/aromatic N) is 3. The van der Waals surface area contributed by atoms with Crippen LogP contribution in [0.2, 0.25) is 0 Å². The summed E-state index contributed by atoms with van der Waals surface area (Å²) in [4.78, 5) is 47.2. The van der Waals surface area contributed by atoms with Crippen molar-refractivity contribution in [2.24, 2.45) is 0 Å². The molecule has 0 saturated heterocycles. The van der Waals surface area contributed by atoms with Crippen molar-refractivity contribution in [3.63, 3.8) is 0 Å². The molecule has 160 valence electrons. The van der Waals surface area contributed by atoms with Gasteiger partial charge in [0.1, 0.15) is 12.0 Å². The number of amides is 2. The van der Waals surface area contributed by atoms with E-state index in [1.807, 2.05) is 25.1 Å². The summed E-state index contributed by atoms with van der Waals surface area (Å²) in [7, 11) is 0. The third-order valence-corrected chi connectivity index (χ3v) is 5.43. The highest BCUT2D eigenvalue weighted by Crippen LogP contribution is 2.25. The first-order chi connectivity index (χ1) is 15.0. The number of allylic oxidation sites excluding steroid dienone is 1. The molecule has 0 atom stereocenters. The molecule has 2 aromatic heterocycles. The average molecular weight is 419 g/mol. The minimum atomic E-state index is -0.269. The number of nitrogens with one attached hydrogen (secondary N) is 2. The summed E-state index contributed by atoms with van der Waals surface area (Å²) in [5.41, 5.74) is 3.94. The smallest absolute Gasteiger partial charge is 0.268 e. The lowest BCUT2D eigenvalue weighted by Gasteiger charge is -2.31. The van der Waals surface area contributed by atoms with Crippen LogP contribution in [-0.4, -0.2) is 52.1 Å². The highest BCUT2D eigenvalue weighted by atomic mass is 16.2. The molecule has 0 aromatic carbocycles. The van der Waals surface area contributed by atoms with E-state index in [0.717, 1.165) is 42.5 Å². The Morgan fingerprint density at radius 1 is 1.23 bits per heavy atom. The van der Waals surface area contributed by atoms with Crippen molar-refractivity contribution in [3.05, 3.63) is 53.6 Å². The number of carbonyl (C=O) groups is 3. The van der Waals surface area contributed by atoms with Crippen LogP contribution in [0.15, 0.2) is 47.9 Å². The topological polar surface area (TPSA) is 104 Å². The van der Waals surface area contributed by atoms with Gasteiger partial charge in [0.05, 0.1) is 24.1 Å². The molecule has 2 aliphatic rings. The largest absolute Gasteiger partial charge is 0.357 e. The van der Waals surface area contributed by atoms with Crippen LogP contribution in [0.25, 0.3) is 11.3 Å². The second-order valence-electron chi connectivity index (χ2n) is 7.88. The van der Waals surface area contributed by atoms with E-state index in [0.29, 0.717) is 29.9 Å². The lowest BCUT2D eigenvalue weighted by molar-refractivity contribution is -0.121. The Hall–Kier alpha value is -3.55. The first-order valence-electron chi connectivity index (χ1n) is 10.5. The highest BCUT2D eigenvalue weighted by molar-refractivity contribution is 6.00. The van der Waals surface area contributed by atoms with Gasteiger partial charge >= 0.3 is 0 Å². The fourth-order valence-electron chi connectivity index (χ4n) is 3.69. The third-order valence-electron chi connectivity index (χ3n) is 5.43. The van der Waals surface area contributed by atoms with Gasteiger partial charge < -0.3 is 15.5 Å². The Morgan fingerprint density at radius 2 is 2.06 bits per heavy atom. The van der Waals surface area contributed by atoms with Gasteiger partial charge in [0, 0.05) is 35.6 Å². The Kier molecular flexibility index (Phi) is 6.06. The summed E-state index contributed by atoms with van der Waals surface area (Å²) in [5.74, 6) is -0.536. The lowest BCUT2D eigenvalue weighted by atomic mass is 10.0. The first-order valence-corrected chi connectivity index (χ1v) is 10.5. The molecule has 1 aliphatic carbocycles. The standard InChI is InChI=1S/C23H25N5O3/c1-15-19(5-2-10-24-15)20-9-8-18(12-25-20)26-21(30)13-28-11-3-4-16(14-29)22(28)23(31)27-17-6-7-17/h2,5,8-10,12,14,17H,3-4,6-7,11,13H2,1H3,(H,26,30)(H,27,31). The van der Waals surface area contributed by atoms with Gasteiger partial charge in [-0.3, -0.25) is 24.4 Å². The van der Waals surface area contributed by atoms with E-state index in [9.17, 15) is 14.4 Å². The summed E-state index contributed by atoms with van der Waals surface area (Å²) in [6.07, 6.45) is 7.25. The van der Waals surface area contributed by atoms with Gasteiger partial charge in [-0.25, -0.2) is 0 Å². The minimum Gasteiger partial charge on any atom is -0.357 e. The summed E-state index contributed by atoms with van der Waals surface area (Å²) >= 11 is 0. The van der Waals surface area contributed by atoms with Crippen molar-refractivity contribution in [2.45, 2.75) is 38.6 Å². The van der Waals surface area contributed by atoms with E-state index < -0.39 is 0 Å². The zero-order chi connectivity index (χ0) is 21.8. The Bertz CT molecular complexity index is 1030. The van der Waals surface area contributed by atoms with Crippen LogP contribution in [0.4, 0.5) is 5.69 Å². The van der Waals surface area contributed by atoms with E-state index in [2.05, 4.69) is 20.6 Å². The number of hydrogen-bond donors (Lipinski definition) is 2. The van der Waals surface area contributed by atoms with E-state index in [4.69, 9.17) is 0 Å². The van der Waals surface area contributed by atoms with Crippen LogP contribution in [0, 0.1) is 6.92 Å². The number of pyridine rings is 2. The zero-order valence-electron chi connectivity index (χ0n) is 17.4. The third kappa shape index (κ3) is 4.96. The molecular formula is C23H25N5O3. The molecule has 2 N–H and O–H groups in total. The van der Waals surface area contributed by atoms with Crippen LogP contribution in [-0.2, 0) is 14.4 Å². The second-order valence-corrected chi connectivity index (χ2v) is 7.88. The number of hydrogen-bond acceptors (Lipinski definition) is 6. The molecule has 2 aromatic rings. The molecule has 4 rings (SSSR count). The normalized spacial score (nSPS) is 16.1. The molecule has 1 saturated carbocycles. The molecule has 3 heterocycles. The lowest BCUT2D eigenvalue weighted by Crippen LogP contribution is -2.43. The van der Waals surface area contributed by atoms with Gasteiger partial charge in [0.25, 0.3) is 5.91 Å². The Morgan fingerprint density at radius 3 is 2.74 bits per heavy atom. The quantitative estimate of drug-likeness (QED) is 0.667. The summed E-state index contributed by atoms with van der Waals surface area (Å²) in [6.45, 7) is 2.47. The van der Waals surface area contributed by atoms with Gasteiger partial charge in [0.2, 0.25) is 5.91 Å². The van der Waals surface area contributed by atoms with E-state index >= 15 is 0 Å². The zero-order valence-corrected chi connectivity index (χ0v) is 17.4. The molecule has 0 radical (unpaired) electrons. The van der Waals surface area contributed by atoms with E-state index in [1.165, 1.54) is 0 Å². The van der Waals surface area contributed by atoms with E-state index in [1.54, 1.807) is 23.4 Å². The van der Waals surface area contributed by atoms with Gasteiger partial charge in [0.15, 0.2) is 0 Å². The predicted molar refractivity (Wildman–Crippen MR) is 116 cm³/mol. The fraction of sp³-hybridized carbons (Fsp3) is 0.348. The van der Waals surface area contributed by atoms with Crippen molar-refractivity contribution >= 4 is 23.8 Å². The maximum Gasteiger partial charge on any atom is 0.268 e.